The number of hydrogen-bond donors (Lipinski definition) is 1. The maximum atomic E-state index is 12.3. The number of amides is 1. The lowest BCUT2D eigenvalue weighted by atomic mass is 10.2. The van der Waals surface area contributed by atoms with Crippen LogP contribution in [0.5, 0.6) is 0 Å². The molecule has 0 radical (unpaired) electrons. The van der Waals surface area contributed by atoms with Gasteiger partial charge >= 0.3 is 0 Å². The first-order valence-corrected chi connectivity index (χ1v) is 7.59. The van der Waals surface area contributed by atoms with E-state index in [1.807, 2.05) is 37.3 Å². The maximum absolute atomic E-state index is 12.3. The Morgan fingerprint density at radius 2 is 1.95 bits per heavy atom. The van der Waals surface area contributed by atoms with Crippen LogP contribution in [0.2, 0.25) is 0 Å². The number of rotatable bonds is 5. The van der Waals surface area contributed by atoms with Gasteiger partial charge in [0.25, 0.3) is 5.91 Å². The molecule has 0 aliphatic rings. The van der Waals surface area contributed by atoms with Crippen LogP contribution >= 0.6 is 15.9 Å². The molecule has 0 saturated carbocycles. The Balaban J connectivity index is 2.02. The predicted molar refractivity (Wildman–Crippen MR) is 88.3 cm³/mol. The highest BCUT2D eigenvalue weighted by Crippen LogP contribution is 2.13. The molecule has 0 spiro atoms. The Bertz CT molecular complexity index is 596. The third-order valence-corrected chi connectivity index (χ3v) is 3.58. The van der Waals surface area contributed by atoms with E-state index < -0.39 is 0 Å². The molecule has 0 aliphatic carbocycles. The van der Waals surface area contributed by atoms with E-state index in [2.05, 4.69) is 26.2 Å². The molecular weight excluding hydrogens is 330 g/mol. The fraction of sp³-hybridized carbons (Fsp3) is 0.250. The minimum Gasteiger partial charge on any atom is -0.370 e. The summed E-state index contributed by atoms with van der Waals surface area (Å²) in [4.78, 5) is 18.3. The van der Waals surface area contributed by atoms with Crippen molar-refractivity contribution in [1.29, 1.82) is 0 Å². The van der Waals surface area contributed by atoms with Gasteiger partial charge in [0.15, 0.2) is 0 Å². The van der Waals surface area contributed by atoms with Gasteiger partial charge in [0.2, 0.25) is 0 Å². The molecule has 1 aromatic heterocycles. The molecule has 5 heteroatoms. The molecule has 1 amide bonds. The summed E-state index contributed by atoms with van der Waals surface area (Å²) < 4.78 is 1.03. The SMILES string of the molecule is CCNc1ccc(C(=O)N(C)Cc2ccc(Br)cc2)cn1. The second-order valence-electron chi connectivity index (χ2n) is 4.75. The molecule has 110 valence electrons. The molecule has 0 saturated heterocycles. The number of carbonyl (C=O) groups is 1. The highest BCUT2D eigenvalue weighted by Gasteiger charge is 2.12. The van der Waals surface area contributed by atoms with E-state index in [4.69, 9.17) is 0 Å². The largest absolute Gasteiger partial charge is 0.370 e. The van der Waals surface area contributed by atoms with Crippen LogP contribution in [-0.2, 0) is 6.54 Å². The Morgan fingerprint density at radius 1 is 1.24 bits per heavy atom. The van der Waals surface area contributed by atoms with Crippen molar-refractivity contribution >= 4 is 27.7 Å². The van der Waals surface area contributed by atoms with E-state index >= 15 is 0 Å². The summed E-state index contributed by atoms with van der Waals surface area (Å²) in [5, 5.41) is 3.11. The number of benzene rings is 1. The molecule has 0 aliphatic heterocycles. The van der Waals surface area contributed by atoms with Gasteiger partial charge in [-0.3, -0.25) is 4.79 Å². The van der Waals surface area contributed by atoms with Crippen LogP contribution in [0.3, 0.4) is 0 Å². The lowest BCUT2D eigenvalue weighted by Gasteiger charge is -2.17. The zero-order valence-corrected chi connectivity index (χ0v) is 13.7. The summed E-state index contributed by atoms with van der Waals surface area (Å²) in [7, 11) is 1.79. The average molecular weight is 348 g/mol. The number of carbonyl (C=O) groups excluding carboxylic acids is 1. The lowest BCUT2D eigenvalue weighted by Crippen LogP contribution is -2.26. The van der Waals surface area contributed by atoms with E-state index in [1.165, 1.54) is 0 Å². The maximum Gasteiger partial charge on any atom is 0.255 e. The van der Waals surface area contributed by atoms with Crippen molar-refractivity contribution in [2.24, 2.45) is 0 Å². The summed E-state index contributed by atoms with van der Waals surface area (Å²) in [6, 6.07) is 11.6. The van der Waals surface area contributed by atoms with Crippen molar-refractivity contribution in [1.82, 2.24) is 9.88 Å². The second-order valence-corrected chi connectivity index (χ2v) is 5.67. The number of nitrogens with zero attached hydrogens (tertiary/aromatic N) is 2. The molecule has 2 aromatic rings. The van der Waals surface area contributed by atoms with Crippen LogP contribution in [0.1, 0.15) is 22.8 Å². The van der Waals surface area contributed by atoms with Crippen molar-refractivity contribution in [2.75, 3.05) is 18.9 Å². The van der Waals surface area contributed by atoms with E-state index in [9.17, 15) is 4.79 Å². The minimum absolute atomic E-state index is 0.0338. The fourth-order valence-corrected chi connectivity index (χ4v) is 2.23. The molecule has 4 nitrogen and oxygen atoms in total. The van der Waals surface area contributed by atoms with Gasteiger partial charge in [0.05, 0.1) is 5.56 Å². The number of halogens is 1. The number of aromatic nitrogens is 1. The average Bonchev–Trinajstić information content (AvgIpc) is 2.50. The lowest BCUT2D eigenvalue weighted by molar-refractivity contribution is 0.0784. The van der Waals surface area contributed by atoms with Crippen LogP contribution in [0.4, 0.5) is 5.82 Å². The van der Waals surface area contributed by atoms with Gasteiger partial charge in [-0.15, -0.1) is 0 Å². The number of pyridine rings is 1. The van der Waals surface area contributed by atoms with Crippen molar-refractivity contribution in [3.63, 3.8) is 0 Å². The Kier molecular flexibility index (Phi) is 5.33. The van der Waals surface area contributed by atoms with Crippen molar-refractivity contribution in [2.45, 2.75) is 13.5 Å². The van der Waals surface area contributed by atoms with Crippen molar-refractivity contribution in [3.05, 3.63) is 58.2 Å². The zero-order chi connectivity index (χ0) is 15.2. The van der Waals surface area contributed by atoms with Crippen molar-refractivity contribution < 1.29 is 4.79 Å². The third-order valence-electron chi connectivity index (χ3n) is 3.05. The fourth-order valence-electron chi connectivity index (χ4n) is 1.96. The predicted octanol–water partition coefficient (Wildman–Crippen LogP) is 3.55. The zero-order valence-electron chi connectivity index (χ0n) is 12.1. The van der Waals surface area contributed by atoms with Crippen LogP contribution < -0.4 is 5.32 Å². The number of nitrogens with one attached hydrogen (secondary N) is 1. The number of hydrogen-bond acceptors (Lipinski definition) is 3. The molecule has 0 fully saturated rings. The van der Waals surface area contributed by atoms with Crippen LogP contribution in [0.25, 0.3) is 0 Å². The smallest absolute Gasteiger partial charge is 0.255 e. The molecule has 2 rings (SSSR count). The van der Waals surface area contributed by atoms with Crippen LogP contribution in [0, 0.1) is 0 Å². The molecule has 1 heterocycles. The van der Waals surface area contributed by atoms with Gasteiger partial charge in [0, 0.05) is 30.8 Å². The van der Waals surface area contributed by atoms with Gasteiger partial charge in [-0.05, 0) is 36.8 Å². The first kappa shape index (κ1) is 15.5. The van der Waals surface area contributed by atoms with Crippen LogP contribution in [-0.4, -0.2) is 29.4 Å². The Labute approximate surface area is 133 Å². The normalized spacial score (nSPS) is 10.2. The monoisotopic (exact) mass is 347 g/mol. The van der Waals surface area contributed by atoms with E-state index in [0.717, 1.165) is 22.4 Å². The van der Waals surface area contributed by atoms with Gasteiger partial charge in [-0.2, -0.15) is 0 Å². The summed E-state index contributed by atoms with van der Waals surface area (Å²) in [5.74, 6) is 0.748. The number of anilines is 1. The molecule has 0 bridgehead atoms. The molecule has 0 unspecified atom stereocenters. The standard InChI is InChI=1S/C16H18BrN3O/c1-3-18-15-9-6-13(10-19-15)16(21)20(2)11-12-4-7-14(17)8-5-12/h4-10H,3,11H2,1-2H3,(H,18,19). The van der Waals surface area contributed by atoms with E-state index in [0.29, 0.717) is 12.1 Å². The first-order valence-electron chi connectivity index (χ1n) is 6.80. The quantitative estimate of drug-likeness (QED) is 0.899. The highest BCUT2D eigenvalue weighted by atomic mass is 79.9. The Hall–Kier alpha value is -1.88. The van der Waals surface area contributed by atoms with Gasteiger partial charge in [-0.25, -0.2) is 4.98 Å². The molecule has 0 atom stereocenters. The van der Waals surface area contributed by atoms with Gasteiger partial charge < -0.3 is 10.2 Å². The first-order chi connectivity index (χ1) is 10.1. The third kappa shape index (κ3) is 4.29. The van der Waals surface area contributed by atoms with Crippen LogP contribution in [0.15, 0.2) is 47.1 Å². The minimum atomic E-state index is -0.0338. The van der Waals surface area contributed by atoms with Crippen molar-refractivity contribution in [3.8, 4) is 0 Å². The molecule has 1 N–H and O–H groups in total. The van der Waals surface area contributed by atoms with Gasteiger partial charge in [-0.1, -0.05) is 28.1 Å². The summed E-state index contributed by atoms with van der Waals surface area (Å²) in [6.45, 7) is 3.39. The molecule has 1 aromatic carbocycles. The second kappa shape index (κ2) is 7.22. The van der Waals surface area contributed by atoms with E-state index in [1.54, 1.807) is 24.2 Å². The molecule has 21 heavy (non-hydrogen) atoms. The van der Waals surface area contributed by atoms with E-state index in [-0.39, 0.29) is 5.91 Å². The molecular formula is C16H18BrN3O. The van der Waals surface area contributed by atoms with Gasteiger partial charge in [0.1, 0.15) is 5.82 Å². The highest BCUT2D eigenvalue weighted by molar-refractivity contribution is 9.10. The summed E-state index contributed by atoms with van der Waals surface area (Å²) in [5.41, 5.74) is 1.68. The topological polar surface area (TPSA) is 45.2 Å². The summed E-state index contributed by atoms with van der Waals surface area (Å²) in [6.07, 6.45) is 1.61. The Morgan fingerprint density at radius 3 is 2.52 bits per heavy atom. The summed E-state index contributed by atoms with van der Waals surface area (Å²) >= 11 is 3.40.